The fourth-order valence-electron chi connectivity index (χ4n) is 2.61. The van der Waals surface area contributed by atoms with Crippen LogP contribution in [0.5, 0.6) is 0 Å². The first-order chi connectivity index (χ1) is 9.22. The summed E-state index contributed by atoms with van der Waals surface area (Å²) in [5.41, 5.74) is 1.26. The summed E-state index contributed by atoms with van der Waals surface area (Å²) in [5.74, 6) is 1.66. The quantitative estimate of drug-likeness (QED) is 0.752. The highest BCUT2D eigenvalue weighted by Crippen LogP contribution is 2.43. The molecule has 2 saturated carbocycles. The summed E-state index contributed by atoms with van der Waals surface area (Å²) in [5, 5.41) is 13.6. The fraction of sp³-hybridized carbons (Fsp3) is 0.625. The number of aliphatic hydroxyl groups is 1. The number of hydrogen-bond acceptors (Lipinski definition) is 3. The number of benzene rings is 1. The Balaban J connectivity index is 1.64. The van der Waals surface area contributed by atoms with Crippen molar-refractivity contribution < 1.29 is 5.11 Å². The van der Waals surface area contributed by atoms with Crippen LogP contribution in [0.25, 0.3) is 0 Å². The van der Waals surface area contributed by atoms with Crippen molar-refractivity contribution in [2.75, 3.05) is 12.4 Å². The maximum absolute atomic E-state index is 9.91. The Bertz CT molecular complexity index is 425. The highest BCUT2D eigenvalue weighted by atomic mass is 32.2. The molecule has 0 spiro atoms. The largest absolute Gasteiger partial charge is 0.394 e. The molecule has 1 aromatic carbocycles. The molecule has 3 rings (SSSR count). The van der Waals surface area contributed by atoms with Crippen LogP contribution >= 0.6 is 11.8 Å². The van der Waals surface area contributed by atoms with E-state index in [0.717, 1.165) is 5.75 Å². The molecule has 1 atom stereocenters. The third-order valence-corrected chi connectivity index (χ3v) is 5.49. The first-order valence-electron chi connectivity index (χ1n) is 7.30. The topological polar surface area (TPSA) is 32.3 Å². The highest BCUT2D eigenvalue weighted by molar-refractivity contribution is 7.99. The molecule has 0 bridgehead atoms. The number of thioether (sulfide) groups is 1. The van der Waals surface area contributed by atoms with Crippen molar-refractivity contribution in [3.8, 4) is 0 Å². The number of aryl methyl sites for hydroxylation is 1. The lowest BCUT2D eigenvalue weighted by molar-refractivity contribution is 0.157. The van der Waals surface area contributed by atoms with Gasteiger partial charge in [0.05, 0.1) is 12.1 Å². The standard InChI is InChI=1S/C16H23NOS/c1-12-2-8-15(9-3-12)19-11-16(10-18,13-4-5-13)17-14-6-7-14/h2-3,8-9,13-14,17-18H,4-7,10-11H2,1H3. The maximum atomic E-state index is 9.91. The fourth-order valence-corrected chi connectivity index (χ4v) is 3.78. The van der Waals surface area contributed by atoms with Gasteiger partial charge in [-0.3, -0.25) is 0 Å². The minimum absolute atomic E-state index is 0.0449. The van der Waals surface area contributed by atoms with Crippen LogP contribution in [0.3, 0.4) is 0 Å². The zero-order chi connectivity index (χ0) is 13.3. The van der Waals surface area contributed by atoms with Crippen LogP contribution in [-0.2, 0) is 0 Å². The van der Waals surface area contributed by atoms with E-state index in [1.54, 1.807) is 0 Å². The highest BCUT2D eigenvalue weighted by Gasteiger charge is 2.47. The van der Waals surface area contributed by atoms with E-state index in [1.807, 2.05) is 11.8 Å². The van der Waals surface area contributed by atoms with Crippen LogP contribution in [0.1, 0.15) is 31.2 Å². The maximum Gasteiger partial charge on any atom is 0.0624 e. The Morgan fingerprint density at radius 2 is 1.89 bits per heavy atom. The van der Waals surface area contributed by atoms with Crippen LogP contribution in [0.2, 0.25) is 0 Å². The van der Waals surface area contributed by atoms with Crippen molar-refractivity contribution in [2.24, 2.45) is 5.92 Å². The van der Waals surface area contributed by atoms with Gasteiger partial charge in [-0.25, -0.2) is 0 Å². The number of aliphatic hydroxyl groups excluding tert-OH is 1. The second-order valence-corrected chi connectivity index (χ2v) is 7.16. The molecule has 2 nitrogen and oxygen atoms in total. The van der Waals surface area contributed by atoms with Gasteiger partial charge in [-0.1, -0.05) is 17.7 Å². The molecule has 2 N–H and O–H groups in total. The molecule has 0 aromatic heterocycles. The molecule has 0 amide bonds. The summed E-state index contributed by atoms with van der Waals surface area (Å²) in [6.07, 6.45) is 5.11. The molecule has 1 aromatic rings. The summed E-state index contributed by atoms with van der Waals surface area (Å²) in [4.78, 5) is 1.31. The average molecular weight is 277 g/mol. The first-order valence-corrected chi connectivity index (χ1v) is 8.28. The molecular formula is C16H23NOS. The Kier molecular flexibility index (Phi) is 3.88. The second-order valence-electron chi connectivity index (χ2n) is 6.11. The van der Waals surface area contributed by atoms with E-state index >= 15 is 0 Å². The normalized spacial score (nSPS) is 22.2. The Hall–Kier alpha value is -0.510. The molecular weight excluding hydrogens is 254 g/mol. The van der Waals surface area contributed by atoms with E-state index in [9.17, 15) is 5.11 Å². The van der Waals surface area contributed by atoms with Crippen molar-refractivity contribution in [1.82, 2.24) is 5.32 Å². The van der Waals surface area contributed by atoms with Gasteiger partial charge in [-0.05, 0) is 50.7 Å². The van der Waals surface area contributed by atoms with E-state index in [1.165, 1.54) is 36.1 Å². The van der Waals surface area contributed by atoms with Crippen LogP contribution < -0.4 is 5.32 Å². The molecule has 2 fully saturated rings. The molecule has 19 heavy (non-hydrogen) atoms. The Morgan fingerprint density at radius 1 is 1.21 bits per heavy atom. The van der Waals surface area contributed by atoms with Crippen LogP contribution in [0.15, 0.2) is 29.2 Å². The van der Waals surface area contributed by atoms with Crippen molar-refractivity contribution in [3.05, 3.63) is 29.8 Å². The zero-order valence-electron chi connectivity index (χ0n) is 11.6. The molecule has 0 aliphatic heterocycles. The number of hydrogen-bond donors (Lipinski definition) is 2. The first kappa shape index (κ1) is 13.5. The van der Waals surface area contributed by atoms with Gasteiger partial charge in [-0.2, -0.15) is 0 Å². The molecule has 2 aliphatic rings. The Morgan fingerprint density at radius 3 is 2.42 bits per heavy atom. The van der Waals surface area contributed by atoms with E-state index < -0.39 is 0 Å². The Labute approximate surface area is 120 Å². The molecule has 3 heteroatoms. The van der Waals surface area contributed by atoms with Gasteiger partial charge in [0.15, 0.2) is 0 Å². The van der Waals surface area contributed by atoms with Gasteiger partial charge in [0.2, 0.25) is 0 Å². The number of nitrogens with one attached hydrogen (secondary N) is 1. The van der Waals surface area contributed by atoms with Gasteiger partial charge in [-0.15, -0.1) is 11.8 Å². The van der Waals surface area contributed by atoms with E-state index in [2.05, 4.69) is 36.5 Å². The average Bonchev–Trinajstić information content (AvgIpc) is 3.28. The van der Waals surface area contributed by atoms with Crippen molar-refractivity contribution in [1.29, 1.82) is 0 Å². The predicted molar refractivity (Wildman–Crippen MR) is 80.6 cm³/mol. The molecule has 0 saturated heterocycles. The van der Waals surface area contributed by atoms with Crippen molar-refractivity contribution in [3.63, 3.8) is 0 Å². The van der Waals surface area contributed by atoms with E-state index in [0.29, 0.717) is 12.0 Å². The van der Waals surface area contributed by atoms with Crippen molar-refractivity contribution >= 4 is 11.8 Å². The molecule has 104 valence electrons. The van der Waals surface area contributed by atoms with Gasteiger partial charge < -0.3 is 10.4 Å². The van der Waals surface area contributed by atoms with Gasteiger partial charge in [0.25, 0.3) is 0 Å². The van der Waals surface area contributed by atoms with Gasteiger partial charge in [0.1, 0.15) is 0 Å². The molecule has 0 radical (unpaired) electrons. The predicted octanol–water partition coefficient (Wildman–Crippen LogP) is 2.98. The van der Waals surface area contributed by atoms with Gasteiger partial charge in [0, 0.05) is 16.7 Å². The van der Waals surface area contributed by atoms with Crippen LogP contribution in [0.4, 0.5) is 0 Å². The van der Waals surface area contributed by atoms with Crippen molar-refractivity contribution in [2.45, 2.75) is 49.1 Å². The minimum atomic E-state index is -0.0449. The summed E-state index contributed by atoms with van der Waals surface area (Å²) in [7, 11) is 0. The van der Waals surface area contributed by atoms with E-state index in [-0.39, 0.29) is 12.1 Å². The lowest BCUT2D eigenvalue weighted by Gasteiger charge is -2.33. The van der Waals surface area contributed by atoms with Crippen LogP contribution in [-0.4, -0.2) is 29.0 Å². The zero-order valence-corrected chi connectivity index (χ0v) is 12.4. The summed E-state index contributed by atoms with van der Waals surface area (Å²) >= 11 is 1.88. The smallest absolute Gasteiger partial charge is 0.0624 e. The minimum Gasteiger partial charge on any atom is -0.394 e. The number of rotatable bonds is 7. The van der Waals surface area contributed by atoms with E-state index in [4.69, 9.17) is 0 Å². The molecule has 0 heterocycles. The monoisotopic (exact) mass is 277 g/mol. The summed E-state index contributed by atoms with van der Waals surface area (Å²) in [6, 6.07) is 9.35. The van der Waals surface area contributed by atoms with Gasteiger partial charge >= 0.3 is 0 Å². The lowest BCUT2D eigenvalue weighted by Crippen LogP contribution is -2.53. The lowest BCUT2D eigenvalue weighted by atomic mass is 9.96. The molecule has 1 unspecified atom stereocenters. The van der Waals surface area contributed by atoms with Crippen LogP contribution in [0, 0.1) is 12.8 Å². The third-order valence-electron chi connectivity index (χ3n) is 4.23. The summed E-state index contributed by atoms with van der Waals surface area (Å²) in [6.45, 7) is 2.39. The molecule has 2 aliphatic carbocycles. The second kappa shape index (κ2) is 5.47. The SMILES string of the molecule is Cc1ccc(SCC(CO)(NC2CC2)C2CC2)cc1. The third kappa shape index (κ3) is 3.33. The summed E-state index contributed by atoms with van der Waals surface area (Å²) < 4.78 is 0.